The number of β-amino-alcohol motifs (C(OH)–C–C–N with tert-alkyl or cyclic N) is 1. The van der Waals surface area contributed by atoms with Gasteiger partial charge in [0.05, 0.1) is 24.5 Å². The van der Waals surface area contributed by atoms with E-state index in [1.807, 2.05) is 12.1 Å². The first kappa shape index (κ1) is 21.5. The maximum absolute atomic E-state index is 14.0. The number of halogens is 1. The summed E-state index contributed by atoms with van der Waals surface area (Å²) in [6.07, 6.45) is 3.44. The Morgan fingerprint density at radius 3 is 2.54 bits per heavy atom. The second kappa shape index (κ2) is 10.0. The highest BCUT2D eigenvalue weighted by Gasteiger charge is 2.32. The molecule has 2 aliphatic rings. The van der Waals surface area contributed by atoms with Gasteiger partial charge in [-0.25, -0.2) is 4.39 Å². The quantitative estimate of drug-likeness (QED) is 0.766. The Kier molecular flexibility index (Phi) is 7.72. The van der Waals surface area contributed by atoms with Crippen LogP contribution < -0.4 is 4.90 Å². The third-order valence-corrected chi connectivity index (χ3v) is 6.50. The van der Waals surface area contributed by atoms with Gasteiger partial charge in [0.1, 0.15) is 5.82 Å². The van der Waals surface area contributed by atoms with Gasteiger partial charge in [-0.05, 0) is 42.7 Å². The lowest BCUT2D eigenvalue weighted by molar-refractivity contribution is -0.0740. The first-order valence-corrected chi connectivity index (χ1v) is 11.0. The molecule has 1 heterocycles. The minimum Gasteiger partial charge on any atom is -0.389 e. The summed E-state index contributed by atoms with van der Waals surface area (Å²) in [5, 5.41) is 10.5. The molecule has 1 aliphatic carbocycles. The Morgan fingerprint density at radius 2 is 1.86 bits per heavy atom. The number of aliphatic hydroxyl groups excluding tert-OH is 1. The molecule has 0 spiro atoms. The number of para-hydroxylation sites is 1. The van der Waals surface area contributed by atoms with Crippen molar-refractivity contribution in [3.05, 3.63) is 30.1 Å². The molecular weight excluding hydrogens is 355 g/mol. The molecule has 158 valence electrons. The fourth-order valence-electron chi connectivity index (χ4n) is 4.77. The molecule has 4 nitrogen and oxygen atoms in total. The highest BCUT2D eigenvalue weighted by molar-refractivity contribution is 5.47. The van der Waals surface area contributed by atoms with Crippen LogP contribution >= 0.6 is 0 Å². The third-order valence-electron chi connectivity index (χ3n) is 6.50. The number of anilines is 1. The normalized spacial score (nSPS) is 27.9. The Bertz CT molecular complexity index is 604. The summed E-state index contributed by atoms with van der Waals surface area (Å²) in [5.74, 6) is 1.78. The molecule has 28 heavy (non-hydrogen) atoms. The first-order chi connectivity index (χ1) is 13.4. The largest absolute Gasteiger partial charge is 0.389 e. The molecule has 1 aromatic rings. The summed E-state index contributed by atoms with van der Waals surface area (Å²) >= 11 is 0. The van der Waals surface area contributed by atoms with Gasteiger partial charge in [-0.3, -0.25) is 4.90 Å². The van der Waals surface area contributed by atoms with Crippen molar-refractivity contribution in [2.24, 2.45) is 17.8 Å². The number of ether oxygens (including phenoxy) is 1. The second-order valence-electron chi connectivity index (χ2n) is 9.09. The molecule has 3 rings (SSSR count). The SMILES string of the molecule is CC(C)[C@H]1CC[C@@H](C)C[C@@H]1OC[C@@H](O)CN1CCN(c2ccccc2F)CC1. The maximum Gasteiger partial charge on any atom is 0.146 e. The molecule has 5 heteroatoms. The summed E-state index contributed by atoms with van der Waals surface area (Å²) in [4.78, 5) is 4.35. The van der Waals surface area contributed by atoms with Gasteiger partial charge in [-0.2, -0.15) is 0 Å². The number of benzene rings is 1. The van der Waals surface area contributed by atoms with Gasteiger partial charge in [-0.1, -0.05) is 39.3 Å². The van der Waals surface area contributed by atoms with E-state index in [-0.39, 0.29) is 11.9 Å². The molecule has 0 radical (unpaired) electrons. The average Bonchev–Trinajstić information content (AvgIpc) is 2.67. The van der Waals surface area contributed by atoms with Gasteiger partial charge in [-0.15, -0.1) is 0 Å². The van der Waals surface area contributed by atoms with Crippen LogP contribution in [0.3, 0.4) is 0 Å². The van der Waals surface area contributed by atoms with E-state index in [1.54, 1.807) is 6.07 Å². The number of nitrogens with zero attached hydrogens (tertiary/aromatic N) is 2. The number of hydrogen-bond acceptors (Lipinski definition) is 4. The summed E-state index contributed by atoms with van der Waals surface area (Å²) in [6.45, 7) is 11.1. The Balaban J connectivity index is 1.42. The molecule has 2 fully saturated rings. The van der Waals surface area contributed by atoms with E-state index in [0.29, 0.717) is 36.6 Å². The summed E-state index contributed by atoms with van der Waals surface area (Å²) < 4.78 is 20.2. The first-order valence-electron chi connectivity index (χ1n) is 11.0. The van der Waals surface area contributed by atoms with Crippen molar-refractivity contribution in [2.45, 2.75) is 52.2 Å². The monoisotopic (exact) mass is 392 g/mol. The molecule has 1 aliphatic heterocycles. The van der Waals surface area contributed by atoms with Crippen LogP contribution in [0.2, 0.25) is 0 Å². The fourth-order valence-corrected chi connectivity index (χ4v) is 4.77. The van der Waals surface area contributed by atoms with Crippen LogP contribution in [0, 0.1) is 23.6 Å². The number of hydrogen-bond donors (Lipinski definition) is 1. The molecular formula is C23H37FN2O2. The Morgan fingerprint density at radius 1 is 1.14 bits per heavy atom. The number of rotatable bonds is 7. The third kappa shape index (κ3) is 5.68. The standard InChI is InChI=1S/C23H37FN2O2/c1-17(2)20-9-8-18(3)14-23(20)28-16-19(27)15-25-10-12-26(13-11-25)22-7-5-4-6-21(22)24/h4-7,17-20,23,27H,8-16H2,1-3H3/t18-,19+,20-,23+/m1/s1. The summed E-state index contributed by atoms with van der Waals surface area (Å²) in [7, 11) is 0. The number of piperazine rings is 1. The van der Waals surface area contributed by atoms with Gasteiger partial charge in [0.2, 0.25) is 0 Å². The van der Waals surface area contributed by atoms with Gasteiger partial charge >= 0.3 is 0 Å². The van der Waals surface area contributed by atoms with E-state index >= 15 is 0 Å². The van der Waals surface area contributed by atoms with E-state index in [2.05, 4.69) is 30.6 Å². The smallest absolute Gasteiger partial charge is 0.146 e. The molecule has 0 aromatic heterocycles. The number of aliphatic hydroxyl groups is 1. The second-order valence-corrected chi connectivity index (χ2v) is 9.09. The van der Waals surface area contributed by atoms with Crippen molar-refractivity contribution in [1.82, 2.24) is 4.90 Å². The van der Waals surface area contributed by atoms with Crippen LogP contribution in [0.25, 0.3) is 0 Å². The predicted octanol–water partition coefficient (Wildman–Crippen LogP) is 3.79. The van der Waals surface area contributed by atoms with E-state index < -0.39 is 6.10 Å². The molecule has 0 bridgehead atoms. The zero-order valence-electron chi connectivity index (χ0n) is 17.7. The van der Waals surface area contributed by atoms with Crippen LogP contribution in [-0.4, -0.2) is 61.5 Å². The van der Waals surface area contributed by atoms with Crippen LogP contribution in [0.5, 0.6) is 0 Å². The van der Waals surface area contributed by atoms with Crippen molar-refractivity contribution in [1.29, 1.82) is 0 Å². The topological polar surface area (TPSA) is 35.9 Å². The van der Waals surface area contributed by atoms with E-state index in [1.165, 1.54) is 18.9 Å². The summed E-state index contributed by atoms with van der Waals surface area (Å²) in [5.41, 5.74) is 0.678. The predicted molar refractivity (Wildman–Crippen MR) is 112 cm³/mol. The van der Waals surface area contributed by atoms with Gasteiger partial charge in [0, 0.05) is 32.7 Å². The molecule has 1 N–H and O–H groups in total. The fraction of sp³-hybridized carbons (Fsp3) is 0.739. The lowest BCUT2D eigenvalue weighted by atomic mass is 9.75. The molecule has 1 saturated carbocycles. The van der Waals surface area contributed by atoms with Crippen molar-refractivity contribution in [3.63, 3.8) is 0 Å². The molecule has 4 atom stereocenters. The molecule has 1 aromatic carbocycles. The van der Waals surface area contributed by atoms with Crippen molar-refractivity contribution >= 4 is 5.69 Å². The van der Waals surface area contributed by atoms with Crippen molar-refractivity contribution in [2.75, 3.05) is 44.2 Å². The maximum atomic E-state index is 14.0. The van der Waals surface area contributed by atoms with Crippen LogP contribution in [0.4, 0.5) is 10.1 Å². The summed E-state index contributed by atoms with van der Waals surface area (Å²) in [6, 6.07) is 6.95. The minimum absolute atomic E-state index is 0.161. The van der Waals surface area contributed by atoms with Crippen molar-refractivity contribution in [3.8, 4) is 0 Å². The zero-order chi connectivity index (χ0) is 20.1. The highest BCUT2D eigenvalue weighted by atomic mass is 19.1. The van der Waals surface area contributed by atoms with Gasteiger partial charge < -0.3 is 14.7 Å². The molecule has 0 unspecified atom stereocenters. The molecule has 1 saturated heterocycles. The average molecular weight is 393 g/mol. The zero-order valence-corrected chi connectivity index (χ0v) is 17.7. The van der Waals surface area contributed by atoms with Crippen molar-refractivity contribution < 1.29 is 14.2 Å². The van der Waals surface area contributed by atoms with Crippen LogP contribution in [0.1, 0.15) is 40.0 Å². The minimum atomic E-state index is -0.468. The van der Waals surface area contributed by atoms with Gasteiger partial charge in [0.15, 0.2) is 0 Å². The Hall–Kier alpha value is -1.17. The van der Waals surface area contributed by atoms with Crippen LogP contribution in [0.15, 0.2) is 24.3 Å². The lowest BCUT2D eigenvalue weighted by Gasteiger charge is -2.39. The molecule has 0 amide bonds. The highest BCUT2D eigenvalue weighted by Crippen LogP contribution is 2.35. The van der Waals surface area contributed by atoms with Crippen LogP contribution in [-0.2, 0) is 4.74 Å². The lowest BCUT2D eigenvalue weighted by Crippen LogP contribution is -2.49. The Labute approximate surface area is 169 Å². The van der Waals surface area contributed by atoms with Gasteiger partial charge in [0.25, 0.3) is 0 Å². The van der Waals surface area contributed by atoms with E-state index in [4.69, 9.17) is 4.74 Å². The van der Waals surface area contributed by atoms with E-state index in [9.17, 15) is 9.50 Å². The van der Waals surface area contributed by atoms with E-state index in [0.717, 1.165) is 32.6 Å².